The van der Waals surface area contributed by atoms with E-state index in [2.05, 4.69) is 298 Å². The molecule has 0 bridgehead atoms. The maximum absolute atomic E-state index is 2.55. The first-order chi connectivity index (χ1) is 36.7. The molecule has 0 saturated heterocycles. The molecular formula is C70H46N4. The molecule has 4 nitrogen and oxygen atoms in total. The van der Waals surface area contributed by atoms with Crippen molar-refractivity contribution in [3.05, 3.63) is 279 Å². The van der Waals surface area contributed by atoms with Gasteiger partial charge < -0.3 is 18.8 Å². The van der Waals surface area contributed by atoms with E-state index in [0.717, 1.165) is 50.8 Å². The summed E-state index contributed by atoms with van der Waals surface area (Å²) in [6.45, 7) is 0. The van der Waals surface area contributed by atoms with Crippen molar-refractivity contribution in [2.45, 2.75) is 0 Å². The number of pyridine rings is 1. The first-order valence-corrected chi connectivity index (χ1v) is 25.4. The Bertz CT molecular complexity index is 4480. The molecule has 0 aliphatic carbocycles. The summed E-state index contributed by atoms with van der Waals surface area (Å²) in [5, 5.41) is 9.83. The maximum atomic E-state index is 2.55. The van der Waals surface area contributed by atoms with Gasteiger partial charge in [0.2, 0.25) is 0 Å². The molecule has 15 rings (SSSR count). The zero-order valence-electron chi connectivity index (χ0n) is 40.3. The molecule has 15 aromatic rings. The summed E-state index contributed by atoms with van der Waals surface area (Å²) in [7, 11) is 0. The Labute approximate surface area is 428 Å². The fraction of sp³-hybridized carbons (Fsp3) is 0. The molecule has 0 fully saturated rings. The number of rotatable bonds is 9. The van der Waals surface area contributed by atoms with Crippen molar-refractivity contribution < 1.29 is 0 Å². The Kier molecular flexibility index (Phi) is 9.54. The van der Waals surface area contributed by atoms with E-state index in [9.17, 15) is 0 Å². The average Bonchev–Trinajstić information content (AvgIpc) is 4.03. The number of nitrogens with zero attached hydrogens (tertiary/aromatic N) is 4. The van der Waals surface area contributed by atoms with E-state index in [1.54, 1.807) is 0 Å². The smallest absolute Gasteiger partial charge is 0.0626 e. The molecule has 0 unspecified atom stereocenters. The maximum Gasteiger partial charge on any atom is 0.0626 e. The van der Waals surface area contributed by atoms with Crippen LogP contribution in [-0.4, -0.2) is 8.97 Å². The lowest BCUT2D eigenvalue weighted by Gasteiger charge is -2.30. The van der Waals surface area contributed by atoms with E-state index >= 15 is 0 Å². The minimum atomic E-state index is 1.04. The molecule has 12 aromatic carbocycles. The van der Waals surface area contributed by atoms with E-state index in [1.807, 2.05) is 0 Å². The van der Waals surface area contributed by atoms with Crippen molar-refractivity contribution >= 4 is 105 Å². The summed E-state index contributed by atoms with van der Waals surface area (Å²) >= 11 is 0. The molecule has 0 amide bonds. The molecule has 0 saturated carbocycles. The van der Waals surface area contributed by atoms with E-state index in [0.29, 0.717) is 0 Å². The highest BCUT2D eigenvalue weighted by Crippen LogP contribution is 2.51. The molecule has 4 heteroatoms. The van der Waals surface area contributed by atoms with Crippen LogP contribution in [0.4, 0.5) is 34.1 Å². The van der Waals surface area contributed by atoms with E-state index < -0.39 is 0 Å². The second-order valence-corrected chi connectivity index (χ2v) is 19.3. The minimum Gasteiger partial charge on any atom is -0.310 e. The third-order valence-corrected chi connectivity index (χ3v) is 15.2. The molecule has 3 heterocycles. The van der Waals surface area contributed by atoms with E-state index in [1.165, 1.54) is 81.9 Å². The highest BCUT2D eigenvalue weighted by atomic mass is 15.2. The number of fused-ring (bicyclic) bond motifs is 9. The van der Waals surface area contributed by atoms with Crippen molar-refractivity contribution in [2.24, 2.45) is 0 Å². The molecule has 0 aliphatic rings. The molecule has 74 heavy (non-hydrogen) atoms. The summed E-state index contributed by atoms with van der Waals surface area (Å²) in [5.41, 5.74) is 18.1. The Balaban J connectivity index is 1.06. The number of anilines is 6. The lowest BCUT2D eigenvalue weighted by molar-refractivity contribution is 1.18. The van der Waals surface area contributed by atoms with Gasteiger partial charge in [-0.2, -0.15) is 0 Å². The number of hydrogen-bond acceptors (Lipinski definition) is 2. The van der Waals surface area contributed by atoms with Crippen LogP contribution >= 0.6 is 0 Å². The van der Waals surface area contributed by atoms with Gasteiger partial charge in [0, 0.05) is 60.8 Å². The van der Waals surface area contributed by atoms with Crippen molar-refractivity contribution in [2.75, 3.05) is 9.80 Å². The second-order valence-electron chi connectivity index (χ2n) is 19.3. The van der Waals surface area contributed by atoms with E-state index in [-0.39, 0.29) is 0 Å². The van der Waals surface area contributed by atoms with Gasteiger partial charge in [-0.1, -0.05) is 194 Å². The Morgan fingerprint density at radius 1 is 0.257 bits per heavy atom. The van der Waals surface area contributed by atoms with Gasteiger partial charge in [0.1, 0.15) is 0 Å². The summed E-state index contributed by atoms with van der Waals surface area (Å²) in [5.74, 6) is 0. The van der Waals surface area contributed by atoms with Crippen molar-refractivity contribution in [1.82, 2.24) is 8.97 Å². The zero-order valence-corrected chi connectivity index (χ0v) is 40.3. The molecule has 0 spiro atoms. The zero-order chi connectivity index (χ0) is 48.7. The molecule has 3 aromatic heterocycles. The van der Waals surface area contributed by atoms with E-state index in [4.69, 9.17) is 0 Å². The van der Waals surface area contributed by atoms with Gasteiger partial charge in [-0.15, -0.1) is 0 Å². The molecule has 0 N–H and O–H groups in total. The van der Waals surface area contributed by atoms with Crippen molar-refractivity contribution in [3.8, 4) is 27.9 Å². The van der Waals surface area contributed by atoms with Crippen LogP contribution in [-0.2, 0) is 0 Å². The summed E-state index contributed by atoms with van der Waals surface area (Å²) < 4.78 is 4.97. The highest BCUT2D eigenvalue weighted by Gasteiger charge is 2.27. The lowest BCUT2D eigenvalue weighted by atomic mass is 9.98. The third-order valence-electron chi connectivity index (χ3n) is 15.2. The topological polar surface area (TPSA) is 15.8 Å². The molecular weight excluding hydrogens is 897 g/mol. The SMILES string of the molecule is c1ccc(-c2ccc(N(c3ccc(-c4ccccc4)cc3)c3cc(N(c4ccccc4)c4ccc5c6ccccc6n(-c6ccccc6)c5c4)c4c5ccc6cccc7c8ccccc8n(c4c3)c5c67)cc2)cc1. The lowest BCUT2D eigenvalue weighted by Crippen LogP contribution is -2.14. The van der Waals surface area contributed by atoms with Crippen LogP contribution in [0.2, 0.25) is 0 Å². The van der Waals surface area contributed by atoms with Gasteiger partial charge >= 0.3 is 0 Å². The molecule has 0 aliphatic heterocycles. The van der Waals surface area contributed by atoms with Crippen LogP contribution in [0, 0.1) is 0 Å². The first-order valence-electron chi connectivity index (χ1n) is 25.4. The largest absolute Gasteiger partial charge is 0.310 e. The van der Waals surface area contributed by atoms with Crippen LogP contribution in [0.1, 0.15) is 0 Å². The number of para-hydroxylation sites is 4. The second kappa shape index (κ2) is 16.9. The summed E-state index contributed by atoms with van der Waals surface area (Å²) in [6, 6.07) is 102. The minimum absolute atomic E-state index is 1.04. The number of aromatic nitrogens is 2. The number of hydrogen-bond donors (Lipinski definition) is 0. The van der Waals surface area contributed by atoms with Crippen LogP contribution in [0.3, 0.4) is 0 Å². The average molecular weight is 943 g/mol. The fourth-order valence-electron chi connectivity index (χ4n) is 11.9. The molecule has 346 valence electrons. The van der Waals surface area contributed by atoms with Gasteiger partial charge in [-0.3, -0.25) is 0 Å². The quantitative estimate of drug-likeness (QED) is 0.106. The highest BCUT2D eigenvalue weighted by molar-refractivity contribution is 6.31. The first kappa shape index (κ1) is 41.8. The van der Waals surface area contributed by atoms with Gasteiger partial charge in [0.05, 0.1) is 39.0 Å². The van der Waals surface area contributed by atoms with Crippen LogP contribution in [0.25, 0.3) is 98.6 Å². The van der Waals surface area contributed by atoms with Crippen molar-refractivity contribution in [1.29, 1.82) is 0 Å². The van der Waals surface area contributed by atoms with Gasteiger partial charge in [0.25, 0.3) is 0 Å². The Morgan fingerprint density at radius 3 is 1.41 bits per heavy atom. The monoisotopic (exact) mass is 942 g/mol. The normalized spacial score (nSPS) is 11.8. The molecule has 0 atom stereocenters. The standard InChI is InChI=1S/C70H46N4/c1-5-18-47(19-6-1)49-32-37-54(38-33-49)71(55-39-34-50(35-40-55)48-20-7-2-8-21-48)57-45-66(69-62-42-36-51-22-17-29-61-59-28-14-16-31-64(59)74(67(69)46-57)70(62)68(51)61)72(52-23-9-3-10-24-52)56-41-43-60-58-27-13-15-30-63(58)73(65(60)44-56)53-25-11-4-12-26-53/h1-46H. The predicted octanol–water partition coefficient (Wildman–Crippen LogP) is 19.4. The van der Waals surface area contributed by atoms with Gasteiger partial charge in [-0.05, 0) is 118 Å². The summed E-state index contributed by atoms with van der Waals surface area (Å²) in [4.78, 5) is 4.94. The van der Waals surface area contributed by atoms with Gasteiger partial charge in [0.15, 0.2) is 0 Å². The predicted molar refractivity (Wildman–Crippen MR) is 313 cm³/mol. The molecule has 0 radical (unpaired) electrons. The number of benzene rings is 12. The summed E-state index contributed by atoms with van der Waals surface area (Å²) in [6.07, 6.45) is 0. The van der Waals surface area contributed by atoms with Crippen molar-refractivity contribution in [3.63, 3.8) is 0 Å². The fourth-order valence-corrected chi connectivity index (χ4v) is 11.9. The van der Waals surface area contributed by atoms with Crippen LogP contribution < -0.4 is 9.80 Å². The van der Waals surface area contributed by atoms with Crippen LogP contribution in [0.15, 0.2) is 279 Å². The Morgan fingerprint density at radius 2 is 0.743 bits per heavy atom. The van der Waals surface area contributed by atoms with Gasteiger partial charge in [-0.25, -0.2) is 0 Å². The van der Waals surface area contributed by atoms with Crippen LogP contribution in [0.5, 0.6) is 0 Å². The Hall–Kier alpha value is -9.90. The third kappa shape index (κ3) is 6.55.